The second kappa shape index (κ2) is 12.8. The van der Waals surface area contributed by atoms with Crippen molar-refractivity contribution < 1.29 is 25.2 Å². The third-order valence-corrected chi connectivity index (χ3v) is 1.04. The fraction of sp³-hybridized carbons (Fsp3) is 1.00. The van der Waals surface area contributed by atoms with Gasteiger partial charge in [0.05, 0.1) is 13.2 Å². The summed E-state index contributed by atoms with van der Waals surface area (Å²) in [4.78, 5) is 0. The number of aliphatic hydroxyl groups is 4. The molecule has 14 heavy (non-hydrogen) atoms. The number of aliphatic hydroxyl groups excluding tert-OH is 2. The lowest BCUT2D eigenvalue weighted by Gasteiger charge is -2.05. The van der Waals surface area contributed by atoms with E-state index in [9.17, 15) is 0 Å². The van der Waals surface area contributed by atoms with Crippen molar-refractivity contribution in [2.24, 2.45) is 0 Å². The van der Waals surface area contributed by atoms with E-state index < -0.39 is 12.6 Å². The van der Waals surface area contributed by atoms with Crippen LogP contribution in [0.4, 0.5) is 0 Å². The first-order valence-corrected chi connectivity index (χ1v) is 4.43. The molecule has 0 bridgehead atoms. The zero-order valence-corrected chi connectivity index (χ0v) is 8.68. The fourth-order valence-electron chi connectivity index (χ4n) is 0.480. The van der Waals surface area contributed by atoms with Crippen molar-refractivity contribution in [3.8, 4) is 0 Å². The lowest BCUT2D eigenvalue weighted by molar-refractivity contribution is -0.0769. The minimum absolute atomic E-state index is 0.140. The van der Waals surface area contributed by atoms with Gasteiger partial charge in [0.25, 0.3) is 0 Å². The highest BCUT2D eigenvalue weighted by molar-refractivity contribution is 4.39. The minimum Gasteiger partial charge on any atom is -0.381 e. The highest BCUT2D eigenvalue weighted by Gasteiger charge is 1.98. The third kappa shape index (κ3) is 22.6. The van der Waals surface area contributed by atoms with Gasteiger partial charge < -0.3 is 30.5 Å². The Hall–Kier alpha value is -0.240. The average molecular weight is 211 g/mol. The van der Waals surface area contributed by atoms with Gasteiger partial charge in [0.1, 0.15) is 0 Å². The van der Waals surface area contributed by atoms with E-state index in [1.807, 2.05) is 14.1 Å². The molecule has 0 aromatic rings. The molecule has 0 aliphatic carbocycles. The Morgan fingerprint density at radius 2 is 1.21 bits per heavy atom. The topological polar surface area (TPSA) is 102 Å². The van der Waals surface area contributed by atoms with Gasteiger partial charge in [-0.15, -0.1) is 0 Å². The number of ether oxygens (including phenoxy) is 1. The monoisotopic (exact) mass is 211 g/mol. The van der Waals surface area contributed by atoms with Gasteiger partial charge in [0.2, 0.25) is 0 Å². The first-order valence-electron chi connectivity index (χ1n) is 4.43. The van der Waals surface area contributed by atoms with Crippen LogP contribution in [0.2, 0.25) is 0 Å². The molecular weight excluding hydrogens is 190 g/mol. The molecule has 0 heterocycles. The molecule has 5 N–H and O–H groups in total. The van der Waals surface area contributed by atoms with E-state index in [1.165, 1.54) is 0 Å². The largest absolute Gasteiger partial charge is 0.381 e. The van der Waals surface area contributed by atoms with Crippen molar-refractivity contribution in [2.75, 3.05) is 27.3 Å². The van der Waals surface area contributed by atoms with Crippen molar-refractivity contribution in [3.63, 3.8) is 0 Å². The predicted octanol–water partition coefficient (Wildman–Crippen LogP) is -1.76. The van der Waals surface area contributed by atoms with Gasteiger partial charge in [0, 0.05) is 12.8 Å². The average Bonchev–Trinajstić information content (AvgIpc) is 2.04. The maximum Gasteiger partial charge on any atom is 0.153 e. The van der Waals surface area contributed by atoms with Crippen LogP contribution >= 0.6 is 0 Å². The summed E-state index contributed by atoms with van der Waals surface area (Å²) in [6, 6.07) is 0. The summed E-state index contributed by atoms with van der Waals surface area (Å²) in [5.41, 5.74) is 0. The Morgan fingerprint density at radius 1 is 0.929 bits per heavy atom. The van der Waals surface area contributed by atoms with Gasteiger partial charge in [-0.25, -0.2) is 0 Å². The number of nitrogens with one attached hydrogen (secondary N) is 1. The van der Waals surface area contributed by atoms with Crippen molar-refractivity contribution in [1.29, 1.82) is 0 Å². The first-order chi connectivity index (χ1) is 6.54. The Balaban J connectivity index is 0. The first kappa shape index (κ1) is 16.2. The molecule has 0 spiro atoms. The summed E-state index contributed by atoms with van der Waals surface area (Å²) in [6.07, 6.45) is -2.42. The molecule has 88 valence electrons. The number of rotatable bonds is 6. The molecule has 0 unspecified atom stereocenters. The lowest BCUT2D eigenvalue weighted by atomic mass is 10.4. The molecule has 0 saturated heterocycles. The third-order valence-electron chi connectivity index (χ3n) is 1.04. The van der Waals surface area contributed by atoms with Gasteiger partial charge in [-0.2, -0.15) is 0 Å². The zero-order chi connectivity index (χ0) is 11.4. The molecule has 0 aliphatic heterocycles. The molecular formula is C8H21NO5. The molecule has 0 aromatic heterocycles. The van der Waals surface area contributed by atoms with Crippen LogP contribution in [0.1, 0.15) is 12.8 Å². The van der Waals surface area contributed by atoms with Crippen LogP contribution in [0.3, 0.4) is 0 Å². The molecule has 0 aliphatic rings. The molecule has 0 aromatic carbocycles. The number of hydrogen-bond donors (Lipinski definition) is 5. The molecule has 6 nitrogen and oxygen atoms in total. The fourth-order valence-corrected chi connectivity index (χ4v) is 0.480. The molecule has 0 amide bonds. The van der Waals surface area contributed by atoms with E-state index >= 15 is 0 Å². The molecule has 0 radical (unpaired) electrons. The summed E-state index contributed by atoms with van der Waals surface area (Å²) < 4.78 is 4.82. The molecule has 0 atom stereocenters. The molecule has 6 heteroatoms. The Labute approximate surface area is 84.1 Å². The van der Waals surface area contributed by atoms with E-state index in [1.54, 1.807) is 0 Å². The van der Waals surface area contributed by atoms with E-state index in [0.29, 0.717) is 0 Å². The van der Waals surface area contributed by atoms with Crippen molar-refractivity contribution >= 4 is 0 Å². The molecule has 0 rings (SSSR count). The molecule has 0 saturated carbocycles. The minimum atomic E-state index is -1.35. The van der Waals surface area contributed by atoms with Gasteiger partial charge >= 0.3 is 0 Å². The Kier molecular flexibility index (Phi) is 14.8. The highest BCUT2D eigenvalue weighted by Crippen LogP contribution is 1.91. The summed E-state index contributed by atoms with van der Waals surface area (Å²) in [5.74, 6) is 0. The van der Waals surface area contributed by atoms with Crippen LogP contribution in [0.5, 0.6) is 0 Å². The van der Waals surface area contributed by atoms with E-state index in [0.717, 1.165) is 0 Å². The van der Waals surface area contributed by atoms with E-state index in [4.69, 9.17) is 25.2 Å². The van der Waals surface area contributed by atoms with Crippen LogP contribution in [0.15, 0.2) is 0 Å². The van der Waals surface area contributed by atoms with Crippen molar-refractivity contribution in [1.82, 2.24) is 5.32 Å². The van der Waals surface area contributed by atoms with Crippen LogP contribution in [-0.4, -0.2) is 60.3 Å². The van der Waals surface area contributed by atoms with Crippen LogP contribution in [0.25, 0.3) is 0 Å². The second-order valence-corrected chi connectivity index (χ2v) is 2.65. The van der Waals surface area contributed by atoms with Gasteiger partial charge in [-0.1, -0.05) is 0 Å². The van der Waals surface area contributed by atoms with Crippen LogP contribution in [0, 0.1) is 0 Å². The highest BCUT2D eigenvalue weighted by atomic mass is 16.5. The van der Waals surface area contributed by atoms with Crippen LogP contribution < -0.4 is 5.32 Å². The molecule has 0 fully saturated rings. The van der Waals surface area contributed by atoms with Gasteiger partial charge in [0.15, 0.2) is 12.6 Å². The Bertz CT molecular complexity index is 89.7. The zero-order valence-electron chi connectivity index (χ0n) is 8.68. The SMILES string of the molecule is CNC.OC(O)CCOCCC(O)O. The normalized spacial score (nSPS) is 10.3. The van der Waals surface area contributed by atoms with Crippen LogP contribution in [-0.2, 0) is 4.74 Å². The maximum absolute atomic E-state index is 8.34. The summed E-state index contributed by atoms with van der Waals surface area (Å²) >= 11 is 0. The second-order valence-electron chi connectivity index (χ2n) is 2.65. The van der Waals surface area contributed by atoms with Crippen molar-refractivity contribution in [2.45, 2.75) is 25.4 Å². The smallest absolute Gasteiger partial charge is 0.153 e. The summed E-state index contributed by atoms with van der Waals surface area (Å²) in [5, 5.41) is 36.1. The van der Waals surface area contributed by atoms with Crippen molar-refractivity contribution in [3.05, 3.63) is 0 Å². The maximum atomic E-state index is 8.34. The van der Waals surface area contributed by atoms with Gasteiger partial charge in [-0.3, -0.25) is 0 Å². The van der Waals surface area contributed by atoms with Gasteiger partial charge in [-0.05, 0) is 14.1 Å². The number of hydrogen-bond acceptors (Lipinski definition) is 6. The predicted molar refractivity (Wildman–Crippen MR) is 51.5 cm³/mol. The lowest BCUT2D eigenvalue weighted by Crippen LogP contribution is -2.12. The quantitative estimate of drug-likeness (QED) is 0.263. The summed E-state index contributed by atoms with van der Waals surface area (Å²) in [6.45, 7) is 0.425. The Morgan fingerprint density at radius 3 is 1.43 bits per heavy atom. The van der Waals surface area contributed by atoms with E-state index in [2.05, 4.69) is 5.32 Å². The standard InChI is InChI=1S/C6H14O5.C2H7N/c7-5(8)1-3-11-4-2-6(9)10;1-3-2/h5-10H,1-4H2;3H,1-2H3. The summed E-state index contributed by atoms with van der Waals surface area (Å²) in [7, 11) is 3.75. The van der Waals surface area contributed by atoms with E-state index in [-0.39, 0.29) is 26.1 Å².